The van der Waals surface area contributed by atoms with Gasteiger partial charge in [0.2, 0.25) is 5.13 Å². The number of piperazine rings is 1. The fourth-order valence-corrected chi connectivity index (χ4v) is 4.57. The Morgan fingerprint density at radius 3 is 2.62 bits per heavy atom. The van der Waals surface area contributed by atoms with Gasteiger partial charge in [0.25, 0.3) is 5.91 Å². The highest BCUT2D eigenvalue weighted by molar-refractivity contribution is 7.09. The number of amides is 1. The summed E-state index contributed by atoms with van der Waals surface area (Å²) in [5, 5.41) is 0.934. The Bertz CT molecular complexity index is 1010. The monoisotopic (exact) mass is 450 g/mol. The zero-order valence-electron chi connectivity index (χ0n) is 18.7. The first-order valence-corrected chi connectivity index (χ1v) is 12.1. The molecular weight excluding hydrogens is 420 g/mol. The van der Waals surface area contributed by atoms with Gasteiger partial charge in [0.1, 0.15) is 11.6 Å². The minimum Gasteiger partial charge on any atom is -0.494 e. The normalized spacial score (nSPS) is 16.2. The molecule has 6 nitrogen and oxygen atoms in total. The van der Waals surface area contributed by atoms with E-state index in [9.17, 15) is 4.79 Å². The molecule has 168 valence electrons. The molecular formula is C25H30N4O2S. The summed E-state index contributed by atoms with van der Waals surface area (Å²) in [6, 6.07) is 17.9. The Morgan fingerprint density at radius 1 is 1.12 bits per heavy atom. The summed E-state index contributed by atoms with van der Waals surface area (Å²) < 4.78 is 10.3. The number of hydrogen-bond acceptors (Lipinski definition) is 6. The van der Waals surface area contributed by atoms with Crippen molar-refractivity contribution in [2.45, 2.75) is 39.2 Å². The first-order chi connectivity index (χ1) is 15.6. The number of carbonyl (C=O) groups is 1. The lowest BCUT2D eigenvalue weighted by Crippen LogP contribution is -2.54. The molecule has 4 rings (SSSR count). The fraction of sp³-hybridized carbons (Fsp3) is 0.400. The highest BCUT2D eigenvalue weighted by atomic mass is 32.1. The first-order valence-electron chi connectivity index (χ1n) is 11.3. The van der Waals surface area contributed by atoms with E-state index in [1.54, 1.807) is 0 Å². The minimum absolute atomic E-state index is 0.0688. The Hall–Kier alpha value is -2.93. The minimum atomic E-state index is 0.0688. The molecule has 1 fully saturated rings. The molecule has 0 saturated carbocycles. The van der Waals surface area contributed by atoms with Crippen LogP contribution >= 0.6 is 11.5 Å². The Labute approximate surface area is 194 Å². The highest BCUT2D eigenvalue weighted by Crippen LogP contribution is 2.24. The molecule has 0 aliphatic carbocycles. The van der Waals surface area contributed by atoms with Gasteiger partial charge in [0.15, 0.2) is 0 Å². The van der Waals surface area contributed by atoms with Crippen molar-refractivity contribution in [3.05, 3.63) is 71.5 Å². The smallest absolute Gasteiger partial charge is 0.254 e. The molecule has 3 aromatic rings. The molecule has 7 heteroatoms. The lowest BCUT2D eigenvalue weighted by atomic mass is 10.1. The molecule has 2 heterocycles. The standard InChI is InChI=1S/C25H30N4O2S/c1-3-4-16-31-22-12-10-21(11-13-22)24(30)29-15-14-28(18-19(29)2)25-26-23(27-32-25)17-20-8-6-5-7-9-20/h5-13,19H,3-4,14-18H2,1-2H3. The van der Waals surface area contributed by atoms with E-state index < -0.39 is 0 Å². The van der Waals surface area contributed by atoms with Crippen molar-refractivity contribution < 1.29 is 9.53 Å². The zero-order valence-corrected chi connectivity index (χ0v) is 19.6. The van der Waals surface area contributed by atoms with Crippen LogP contribution in [0.5, 0.6) is 5.75 Å². The number of nitrogens with zero attached hydrogens (tertiary/aromatic N) is 4. The topological polar surface area (TPSA) is 58.6 Å². The summed E-state index contributed by atoms with van der Waals surface area (Å²) in [6.45, 7) is 7.13. The van der Waals surface area contributed by atoms with Crippen LogP contribution in [0.1, 0.15) is 48.4 Å². The van der Waals surface area contributed by atoms with Crippen LogP contribution in [-0.2, 0) is 6.42 Å². The van der Waals surface area contributed by atoms with E-state index in [2.05, 4.69) is 35.3 Å². The van der Waals surface area contributed by atoms with Crippen LogP contribution in [0.3, 0.4) is 0 Å². The quantitative estimate of drug-likeness (QED) is 0.467. The van der Waals surface area contributed by atoms with Gasteiger partial charge in [-0.05, 0) is 43.2 Å². The average Bonchev–Trinajstić information content (AvgIpc) is 3.28. The largest absolute Gasteiger partial charge is 0.494 e. The van der Waals surface area contributed by atoms with Crippen LogP contribution in [0, 0.1) is 0 Å². The van der Waals surface area contributed by atoms with Crippen molar-refractivity contribution in [3.8, 4) is 5.75 Å². The number of carbonyl (C=O) groups excluding carboxylic acids is 1. The predicted molar refractivity (Wildman–Crippen MR) is 129 cm³/mol. The second-order valence-corrected chi connectivity index (χ2v) is 8.91. The summed E-state index contributed by atoms with van der Waals surface area (Å²) in [5.74, 6) is 1.73. The Kier molecular flexibility index (Phi) is 7.37. The van der Waals surface area contributed by atoms with Crippen molar-refractivity contribution in [2.75, 3.05) is 31.1 Å². The van der Waals surface area contributed by atoms with Gasteiger partial charge in [-0.15, -0.1) is 0 Å². The van der Waals surface area contributed by atoms with E-state index in [4.69, 9.17) is 9.72 Å². The summed E-state index contributed by atoms with van der Waals surface area (Å²) in [7, 11) is 0. The molecule has 32 heavy (non-hydrogen) atoms. The number of anilines is 1. The zero-order chi connectivity index (χ0) is 22.3. The molecule has 1 saturated heterocycles. The van der Waals surface area contributed by atoms with E-state index >= 15 is 0 Å². The molecule has 2 aromatic carbocycles. The maximum absolute atomic E-state index is 13.1. The van der Waals surface area contributed by atoms with E-state index in [1.165, 1.54) is 17.1 Å². The molecule has 1 aliphatic rings. The van der Waals surface area contributed by atoms with Crippen molar-refractivity contribution in [2.24, 2.45) is 0 Å². The van der Waals surface area contributed by atoms with Gasteiger partial charge in [-0.2, -0.15) is 4.37 Å². The number of aromatic nitrogens is 2. The van der Waals surface area contributed by atoms with Crippen LogP contribution in [0.15, 0.2) is 54.6 Å². The molecule has 0 N–H and O–H groups in total. The van der Waals surface area contributed by atoms with Gasteiger partial charge in [0.05, 0.1) is 6.61 Å². The van der Waals surface area contributed by atoms with Crippen LogP contribution in [-0.4, -0.2) is 52.4 Å². The maximum Gasteiger partial charge on any atom is 0.254 e. The number of ether oxygens (including phenoxy) is 1. The SMILES string of the molecule is CCCCOc1ccc(C(=O)N2CCN(c3nc(Cc4ccccc4)ns3)CC2C)cc1. The molecule has 0 spiro atoms. The lowest BCUT2D eigenvalue weighted by molar-refractivity contribution is 0.0674. The van der Waals surface area contributed by atoms with Crippen LogP contribution < -0.4 is 9.64 Å². The number of rotatable bonds is 8. The summed E-state index contributed by atoms with van der Waals surface area (Å²) >= 11 is 1.44. The van der Waals surface area contributed by atoms with Gasteiger partial charge in [-0.1, -0.05) is 43.7 Å². The second-order valence-electron chi connectivity index (χ2n) is 8.18. The van der Waals surface area contributed by atoms with Crippen LogP contribution in [0.25, 0.3) is 0 Å². The van der Waals surface area contributed by atoms with E-state index in [0.717, 1.165) is 49.1 Å². The third-order valence-corrected chi connectivity index (χ3v) is 6.50. The van der Waals surface area contributed by atoms with Crippen molar-refractivity contribution in [1.82, 2.24) is 14.3 Å². The number of benzene rings is 2. The van der Waals surface area contributed by atoms with Crippen LogP contribution in [0.2, 0.25) is 0 Å². The molecule has 1 unspecified atom stereocenters. The van der Waals surface area contributed by atoms with Crippen molar-refractivity contribution in [1.29, 1.82) is 0 Å². The van der Waals surface area contributed by atoms with E-state index in [-0.39, 0.29) is 11.9 Å². The molecule has 0 bridgehead atoms. The highest BCUT2D eigenvalue weighted by Gasteiger charge is 2.29. The van der Waals surface area contributed by atoms with E-state index in [1.807, 2.05) is 47.4 Å². The summed E-state index contributed by atoms with van der Waals surface area (Å²) in [4.78, 5) is 22.0. The maximum atomic E-state index is 13.1. The number of hydrogen-bond donors (Lipinski definition) is 0. The van der Waals surface area contributed by atoms with Gasteiger partial charge >= 0.3 is 0 Å². The summed E-state index contributed by atoms with van der Waals surface area (Å²) in [6.07, 6.45) is 2.88. The molecule has 1 atom stereocenters. The molecule has 1 amide bonds. The van der Waals surface area contributed by atoms with Crippen molar-refractivity contribution in [3.63, 3.8) is 0 Å². The van der Waals surface area contributed by atoms with Gasteiger partial charge in [-0.3, -0.25) is 4.79 Å². The Balaban J connectivity index is 1.33. The van der Waals surface area contributed by atoms with Gasteiger partial charge in [0, 0.05) is 49.2 Å². The van der Waals surface area contributed by atoms with E-state index in [0.29, 0.717) is 18.7 Å². The third-order valence-electron chi connectivity index (χ3n) is 5.69. The van der Waals surface area contributed by atoms with Gasteiger partial charge < -0.3 is 14.5 Å². The summed E-state index contributed by atoms with van der Waals surface area (Å²) in [5.41, 5.74) is 1.91. The fourth-order valence-electron chi connectivity index (χ4n) is 3.85. The Morgan fingerprint density at radius 2 is 1.91 bits per heavy atom. The molecule has 1 aliphatic heterocycles. The van der Waals surface area contributed by atoms with Crippen molar-refractivity contribution >= 4 is 22.6 Å². The first kappa shape index (κ1) is 22.3. The third kappa shape index (κ3) is 5.46. The van der Waals surface area contributed by atoms with Crippen LogP contribution in [0.4, 0.5) is 5.13 Å². The lowest BCUT2D eigenvalue weighted by Gasteiger charge is -2.39. The predicted octanol–water partition coefficient (Wildman–Crippen LogP) is 4.66. The number of unbranched alkanes of at least 4 members (excludes halogenated alkanes) is 1. The average molecular weight is 451 g/mol. The molecule has 0 radical (unpaired) electrons. The van der Waals surface area contributed by atoms with Gasteiger partial charge in [-0.25, -0.2) is 4.98 Å². The second kappa shape index (κ2) is 10.6. The molecule has 1 aromatic heterocycles.